The first-order valence-corrected chi connectivity index (χ1v) is 10.9. The van der Waals surface area contributed by atoms with Crippen LogP contribution in [-0.4, -0.2) is 45.9 Å². The zero-order valence-corrected chi connectivity index (χ0v) is 16.2. The molecule has 3 aromatic rings. The van der Waals surface area contributed by atoms with Gasteiger partial charge in [-0.25, -0.2) is 18.4 Å². The highest BCUT2D eigenvalue weighted by Crippen LogP contribution is 2.29. The van der Waals surface area contributed by atoms with Gasteiger partial charge < -0.3 is 0 Å². The van der Waals surface area contributed by atoms with E-state index < -0.39 is 15.9 Å². The third kappa shape index (κ3) is 3.55. The molecule has 10 heteroatoms. The van der Waals surface area contributed by atoms with E-state index in [1.165, 1.54) is 21.8 Å². The van der Waals surface area contributed by atoms with Crippen molar-refractivity contribution >= 4 is 43.4 Å². The fourth-order valence-electron chi connectivity index (χ4n) is 2.87. The summed E-state index contributed by atoms with van der Waals surface area (Å²) in [4.78, 5) is 26.3. The second-order valence-electron chi connectivity index (χ2n) is 6.07. The van der Waals surface area contributed by atoms with Crippen LogP contribution < -0.4 is 5.32 Å². The molecule has 1 amide bonds. The van der Waals surface area contributed by atoms with Crippen LogP contribution in [0.4, 0.5) is 5.13 Å². The van der Waals surface area contributed by atoms with Crippen LogP contribution in [0.1, 0.15) is 28.0 Å². The average molecular weight is 403 g/mol. The van der Waals surface area contributed by atoms with Crippen molar-refractivity contribution in [2.45, 2.75) is 19.9 Å². The molecule has 4 rings (SSSR count). The van der Waals surface area contributed by atoms with Crippen LogP contribution >= 0.6 is 11.3 Å². The Morgan fingerprint density at radius 3 is 2.81 bits per heavy atom. The maximum Gasteiger partial charge on any atom is 0.277 e. The number of thiazole rings is 1. The summed E-state index contributed by atoms with van der Waals surface area (Å²) >= 11 is 1.29. The first kappa shape index (κ1) is 18.0. The van der Waals surface area contributed by atoms with Crippen molar-refractivity contribution in [1.82, 2.24) is 19.3 Å². The molecule has 27 heavy (non-hydrogen) atoms. The van der Waals surface area contributed by atoms with Gasteiger partial charge in [0.05, 0.1) is 28.7 Å². The molecule has 0 spiro atoms. The normalized spacial score (nSPS) is 14.9. The third-order valence-corrected chi connectivity index (χ3v) is 7.18. The standard InChI is InChI=1S/C17H17N5O3S2/c1-2-27(24,25)22-8-7-13-15(10-22)26-17(20-13)21-16(23)14-9-18-11-5-3-4-6-12(11)19-14/h3-6,9H,2,7-8,10H2,1H3,(H,20,21,23). The van der Waals surface area contributed by atoms with Crippen LogP contribution in [0.25, 0.3) is 11.0 Å². The minimum Gasteiger partial charge on any atom is -0.296 e. The van der Waals surface area contributed by atoms with Gasteiger partial charge in [0, 0.05) is 24.4 Å². The number of hydrogen-bond acceptors (Lipinski definition) is 7. The zero-order chi connectivity index (χ0) is 19.0. The zero-order valence-electron chi connectivity index (χ0n) is 14.5. The van der Waals surface area contributed by atoms with Crippen molar-refractivity contribution in [2.75, 3.05) is 17.6 Å². The van der Waals surface area contributed by atoms with Crippen molar-refractivity contribution in [2.24, 2.45) is 0 Å². The second kappa shape index (κ2) is 6.95. The summed E-state index contributed by atoms with van der Waals surface area (Å²) in [6.45, 7) is 2.35. The maximum atomic E-state index is 12.5. The van der Waals surface area contributed by atoms with Gasteiger partial charge in [0.1, 0.15) is 5.69 Å². The molecule has 0 unspecified atom stereocenters. The third-order valence-electron chi connectivity index (χ3n) is 4.36. The van der Waals surface area contributed by atoms with Gasteiger partial charge in [0.25, 0.3) is 5.91 Å². The number of fused-ring (bicyclic) bond motifs is 2. The van der Waals surface area contributed by atoms with Gasteiger partial charge in [-0.15, -0.1) is 11.3 Å². The van der Waals surface area contributed by atoms with E-state index in [4.69, 9.17) is 0 Å². The van der Waals surface area contributed by atoms with E-state index in [2.05, 4.69) is 20.3 Å². The van der Waals surface area contributed by atoms with Crippen molar-refractivity contribution in [3.63, 3.8) is 0 Å². The van der Waals surface area contributed by atoms with Gasteiger partial charge in [-0.05, 0) is 19.1 Å². The fourth-order valence-corrected chi connectivity index (χ4v) is 5.03. The lowest BCUT2D eigenvalue weighted by atomic mass is 10.2. The Bertz CT molecular complexity index is 1130. The number of hydrogen-bond donors (Lipinski definition) is 1. The van der Waals surface area contributed by atoms with Crippen LogP contribution in [0.3, 0.4) is 0 Å². The Morgan fingerprint density at radius 1 is 1.26 bits per heavy atom. The van der Waals surface area contributed by atoms with E-state index >= 15 is 0 Å². The van der Waals surface area contributed by atoms with Crippen LogP contribution in [-0.2, 0) is 23.0 Å². The number of carbonyl (C=O) groups excluding carboxylic acids is 1. The molecule has 0 bridgehead atoms. The minimum atomic E-state index is -3.23. The first-order valence-electron chi connectivity index (χ1n) is 8.46. The number of amides is 1. The molecule has 1 aliphatic heterocycles. The van der Waals surface area contributed by atoms with Crippen LogP contribution in [0.5, 0.6) is 0 Å². The van der Waals surface area contributed by atoms with Crippen molar-refractivity contribution in [3.05, 3.63) is 46.7 Å². The van der Waals surface area contributed by atoms with Gasteiger partial charge in [-0.3, -0.25) is 15.1 Å². The molecule has 0 aliphatic carbocycles. The molecule has 0 fully saturated rings. The summed E-state index contributed by atoms with van der Waals surface area (Å²) in [6, 6.07) is 7.32. The van der Waals surface area contributed by atoms with E-state index in [1.54, 1.807) is 13.0 Å². The van der Waals surface area contributed by atoms with Gasteiger partial charge in [-0.1, -0.05) is 12.1 Å². The maximum absolute atomic E-state index is 12.5. The Labute approximate surface area is 160 Å². The molecule has 2 aromatic heterocycles. The van der Waals surface area contributed by atoms with Crippen molar-refractivity contribution in [1.29, 1.82) is 0 Å². The predicted molar refractivity (Wildman–Crippen MR) is 103 cm³/mol. The predicted octanol–water partition coefficient (Wildman–Crippen LogP) is 2.05. The molecule has 1 aromatic carbocycles. The molecule has 8 nitrogen and oxygen atoms in total. The lowest BCUT2D eigenvalue weighted by Crippen LogP contribution is -2.36. The summed E-state index contributed by atoms with van der Waals surface area (Å²) in [6.07, 6.45) is 1.97. The van der Waals surface area contributed by atoms with E-state index in [9.17, 15) is 13.2 Å². The van der Waals surface area contributed by atoms with Crippen LogP contribution in [0.15, 0.2) is 30.5 Å². The Morgan fingerprint density at radius 2 is 2.04 bits per heavy atom. The van der Waals surface area contributed by atoms with Gasteiger partial charge in [0.2, 0.25) is 10.0 Å². The van der Waals surface area contributed by atoms with Gasteiger partial charge in [-0.2, -0.15) is 4.31 Å². The van der Waals surface area contributed by atoms with E-state index in [1.807, 2.05) is 18.2 Å². The number of sulfonamides is 1. The highest BCUT2D eigenvalue weighted by Gasteiger charge is 2.28. The van der Waals surface area contributed by atoms with Crippen LogP contribution in [0.2, 0.25) is 0 Å². The minimum absolute atomic E-state index is 0.0748. The smallest absolute Gasteiger partial charge is 0.277 e. The molecule has 140 valence electrons. The number of nitrogens with zero attached hydrogens (tertiary/aromatic N) is 4. The number of benzene rings is 1. The number of nitrogens with one attached hydrogen (secondary N) is 1. The molecule has 1 aliphatic rings. The molecular weight excluding hydrogens is 386 g/mol. The van der Waals surface area contributed by atoms with Gasteiger partial charge in [0.15, 0.2) is 5.13 Å². The van der Waals surface area contributed by atoms with Crippen molar-refractivity contribution in [3.8, 4) is 0 Å². The summed E-state index contributed by atoms with van der Waals surface area (Å²) in [5, 5.41) is 3.19. The van der Waals surface area contributed by atoms with E-state index in [-0.39, 0.29) is 11.4 Å². The van der Waals surface area contributed by atoms with E-state index in [0.29, 0.717) is 30.2 Å². The Balaban J connectivity index is 1.53. The monoisotopic (exact) mass is 403 g/mol. The summed E-state index contributed by atoms with van der Waals surface area (Å²) < 4.78 is 25.6. The second-order valence-corrected chi connectivity index (χ2v) is 9.41. The summed E-state index contributed by atoms with van der Waals surface area (Å²) in [5.41, 5.74) is 2.40. The molecular formula is C17H17N5O3S2. The highest BCUT2D eigenvalue weighted by atomic mass is 32.2. The van der Waals surface area contributed by atoms with Crippen LogP contribution in [0, 0.1) is 0 Å². The first-order chi connectivity index (χ1) is 13.0. The summed E-state index contributed by atoms with van der Waals surface area (Å²) in [5.74, 6) is -0.317. The Kier molecular flexibility index (Phi) is 4.62. The van der Waals surface area contributed by atoms with Crippen molar-refractivity contribution < 1.29 is 13.2 Å². The lowest BCUT2D eigenvalue weighted by Gasteiger charge is -2.24. The van der Waals surface area contributed by atoms with Gasteiger partial charge >= 0.3 is 0 Å². The number of aromatic nitrogens is 3. The Hall–Kier alpha value is -2.43. The lowest BCUT2D eigenvalue weighted by molar-refractivity contribution is 0.102. The summed E-state index contributed by atoms with van der Waals surface area (Å²) in [7, 11) is -3.23. The fraction of sp³-hybridized carbons (Fsp3) is 0.294. The largest absolute Gasteiger partial charge is 0.296 e. The average Bonchev–Trinajstić information content (AvgIpc) is 3.08. The van der Waals surface area contributed by atoms with E-state index in [0.717, 1.165) is 16.1 Å². The molecule has 0 atom stereocenters. The quantitative estimate of drug-likeness (QED) is 0.715. The molecule has 0 saturated heterocycles. The molecule has 3 heterocycles. The number of carbonyl (C=O) groups is 1. The topological polar surface area (TPSA) is 105 Å². The molecule has 0 saturated carbocycles. The SMILES string of the molecule is CCS(=O)(=O)N1CCc2nc(NC(=O)c3cnc4ccccc4n3)sc2C1. The molecule has 0 radical (unpaired) electrons. The number of rotatable bonds is 4. The number of anilines is 1. The highest BCUT2D eigenvalue weighted by molar-refractivity contribution is 7.89. The number of para-hydroxylation sites is 2. The molecule has 1 N–H and O–H groups in total.